The third kappa shape index (κ3) is 3.32. The van der Waals surface area contributed by atoms with Gasteiger partial charge in [-0.1, -0.05) is 6.07 Å². The van der Waals surface area contributed by atoms with Crippen molar-refractivity contribution >= 4 is 28.4 Å². The predicted molar refractivity (Wildman–Crippen MR) is 91.9 cm³/mol. The van der Waals surface area contributed by atoms with Crippen molar-refractivity contribution < 1.29 is 14.3 Å². The molecule has 1 N–H and O–H groups in total. The van der Waals surface area contributed by atoms with E-state index in [4.69, 9.17) is 4.74 Å². The van der Waals surface area contributed by atoms with Crippen LogP contribution in [0.1, 0.15) is 19.8 Å². The molecule has 0 aliphatic carbocycles. The number of rotatable bonds is 3. The number of amides is 2. The van der Waals surface area contributed by atoms with Crippen LogP contribution in [-0.2, 0) is 9.59 Å². The predicted octanol–water partition coefficient (Wildman–Crippen LogP) is 2.44. The lowest BCUT2D eigenvalue weighted by molar-refractivity contribution is -0.132. The van der Waals surface area contributed by atoms with Crippen LogP contribution in [0.25, 0.3) is 10.9 Å². The summed E-state index contributed by atoms with van der Waals surface area (Å²) in [6.45, 7) is 2.82. The highest BCUT2D eigenvalue weighted by molar-refractivity contribution is 6.01. The number of piperidine rings is 1. The molecule has 0 radical (unpaired) electrons. The summed E-state index contributed by atoms with van der Waals surface area (Å²) in [6.07, 6.45) is 3.07. The van der Waals surface area contributed by atoms with E-state index in [1.165, 1.54) is 0 Å². The number of likely N-dealkylation sites (tertiary alicyclic amines) is 1. The molecule has 2 aromatic rings. The van der Waals surface area contributed by atoms with E-state index in [0.717, 1.165) is 10.9 Å². The molecule has 6 heteroatoms. The van der Waals surface area contributed by atoms with Crippen molar-refractivity contribution in [1.29, 1.82) is 0 Å². The molecule has 0 saturated carbocycles. The van der Waals surface area contributed by atoms with Crippen molar-refractivity contribution in [2.24, 2.45) is 5.92 Å². The van der Waals surface area contributed by atoms with E-state index in [1.54, 1.807) is 31.2 Å². The van der Waals surface area contributed by atoms with E-state index in [0.29, 0.717) is 37.4 Å². The van der Waals surface area contributed by atoms with Crippen LogP contribution < -0.4 is 10.1 Å². The first kappa shape index (κ1) is 16.2. The zero-order valence-corrected chi connectivity index (χ0v) is 13.9. The number of ether oxygens (including phenoxy) is 1. The second-order valence-electron chi connectivity index (χ2n) is 6.02. The van der Waals surface area contributed by atoms with Gasteiger partial charge < -0.3 is 15.0 Å². The minimum atomic E-state index is -0.0921. The minimum absolute atomic E-state index is 0.0293. The molecular formula is C18H21N3O3. The van der Waals surface area contributed by atoms with Gasteiger partial charge in [-0.05, 0) is 25.0 Å². The molecule has 126 valence electrons. The van der Waals surface area contributed by atoms with Crippen molar-refractivity contribution in [3.8, 4) is 5.75 Å². The summed E-state index contributed by atoms with van der Waals surface area (Å²) >= 11 is 0. The summed E-state index contributed by atoms with van der Waals surface area (Å²) in [6, 6.07) is 7.47. The molecule has 24 heavy (non-hydrogen) atoms. The number of hydrogen-bond acceptors (Lipinski definition) is 4. The van der Waals surface area contributed by atoms with E-state index in [2.05, 4.69) is 10.3 Å². The van der Waals surface area contributed by atoms with Crippen molar-refractivity contribution in [2.75, 3.05) is 25.5 Å². The molecule has 0 spiro atoms. The first-order valence-electron chi connectivity index (χ1n) is 8.07. The SMILES string of the molecule is COc1cc(NC(=O)C2CCN(C(C)=O)CC2)c2ncccc2c1. The molecule has 1 aromatic carbocycles. The zero-order chi connectivity index (χ0) is 17.1. The smallest absolute Gasteiger partial charge is 0.227 e. The van der Waals surface area contributed by atoms with Gasteiger partial charge in [-0.25, -0.2) is 0 Å². The number of fused-ring (bicyclic) bond motifs is 1. The first-order chi connectivity index (χ1) is 11.6. The highest BCUT2D eigenvalue weighted by atomic mass is 16.5. The summed E-state index contributed by atoms with van der Waals surface area (Å²) in [5, 5.41) is 3.90. The molecule has 1 fully saturated rings. The van der Waals surface area contributed by atoms with Crippen LogP contribution >= 0.6 is 0 Å². The number of methoxy groups -OCH3 is 1. The van der Waals surface area contributed by atoms with Crippen LogP contribution in [0.3, 0.4) is 0 Å². The number of carbonyl (C=O) groups is 2. The second kappa shape index (κ2) is 6.86. The Morgan fingerprint density at radius 2 is 2.04 bits per heavy atom. The number of anilines is 1. The third-order valence-corrected chi connectivity index (χ3v) is 4.48. The molecule has 2 heterocycles. The molecule has 1 aliphatic heterocycles. The van der Waals surface area contributed by atoms with Gasteiger partial charge in [0.25, 0.3) is 0 Å². The van der Waals surface area contributed by atoms with Crippen LogP contribution in [0.2, 0.25) is 0 Å². The van der Waals surface area contributed by atoms with Crippen LogP contribution in [0.15, 0.2) is 30.5 Å². The number of nitrogens with zero attached hydrogens (tertiary/aromatic N) is 2. The Morgan fingerprint density at radius 1 is 1.29 bits per heavy atom. The average molecular weight is 327 g/mol. The van der Waals surface area contributed by atoms with Crippen LogP contribution in [0.4, 0.5) is 5.69 Å². The van der Waals surface area contributed by atoms with Gasteiger partial charge in [0, 0.05) is 43.6 Å². The van der Waals surface area contributed by atoms with Crippen LogP contribution in [0, 0.1) is 5.92 Å². The Hall–Kier alpha value is -2.63. The van der Waals surface area contributed by atoms with Gasteiger partial charge in [-0.3, -0.25) is 14.6 Å². The molecule has 1 aromatic heterocycles. The standard InChI is InChI=1S/C18H21N3O3/c1-12(22)21-8-5-13(6-9-21)18(23)20-16-11-15(24-2)10-14-4-3-7-19-17(14)16/h3-4,7,10-11,13H,5-6,8-9H2,1-2H3,(H,20,23). The summed E-state index contributed by atoms with van der Waals surface area (Å²) in [4.78, 5) is 30.1. The largest absolute Gasteiger partial charge is 0.497 e. The van der Waals surface area contributed by atoms with E-state index in [-0.39, 0.29) is 17.7 Å². The molecule has 2 amide bonds. The van der Waals surface area contributed by atoms with Gasteiger partial charge in [-0.15, -0.1) is 0 Å². The maximum Gasteiger partial charge on any atom is 0.227 e. The van der Waals surface area contributed by atoms with Gasteiger partial charge in [-0.2, -0.15) is 0 Å². The first-order valence-corrected chi connectivity index (χ1v) is 8.07. The maximum atomic E-state index is 12.6. The third-order valence-electron chi connectivity index (χ3n) is 4.48. The molecular weight excluding hydrogens is 306 g/mol. The highest BCUT2D eigenvalue weighted by Gasteiger charge is 2.26. The normalized spacial score (nSPS) is 15.3. The van der Waals surface area contributed by atoms with Gasteiger partial charge in [0.15, 0.2) is 0 Å². The summed E-state index contributed by atoms with van der Waals surface area (Å²) in [5.74, 6) is 0.623. The topological polar surface area (TPSA) is 71.5 Å². The number of hydrogen-bond donors (Lipinski definition) is 1. The van der Waals surface area contributed by atoms with Gasteiger partial charge >= 0.3 is 0 Å². The Labute approximate surface area is 140 Å². The summed E-state index contributed by atoms with van der Waals surface area (Å²) in [5.41, 5.74) is 1.40. The van der Waals surface area contributed by atoms with Gasteiger partial charge in [0.1, 0.15) is 5.75 Å². The van der Waals surface area contributed by atoms with Crippen molar-refractivity contribution in [3.05, 3.63) is 30.5 Å². The molecule has 1 aliphatic rings. The monoisotopic (exact) mass is 327 g/mol. The van der Waals surface area contributed by atoms with Crippen molar-refractivity contribution in [1.82, 2.24) is 9.88 Å². The van der Waals surface area contributed by atoms with Crippen molar-refractivity contribution in [2.45, 2.75) is 19.8 Å². The second-order valence-corrected chi connectivity index (χ2v) is 6.02. The molecule has 1 saturated heterocycles. The fourth-order valence-corrected chi connectivity index (χ4v) is 3.07. The lowest BCUT2D eigenvalue weighted by Gasteiger charge is -2.30. The number of benzene rings is 1. The Kier molecular flexibility index (Phi) is 4.64. The number of aromatic nitrogens is 1. The number of carbonyl (C=O) groups excluding carboxylic acids is 2. The lowest BCUT2D eigenvalue weighted by atomic mass is 9.95. The Balaban J connectivity index is 1.77. The van der Waals surface area contributed by atoms with E-state index >= 15 is 0 Å². The zero-order valence-electron chi connectivity index (χ0n) is 13.9. The lowest BCUT2D eigenvalue weighted by Crippen LogP contribution is -2.40. The molecule has 0 unspecified atom stereocenters. The van der Waals surface area contributed by atoms with Crippen molar-refractivity contribution in [3.63, 3.8) is 0 Å². The van der Waals surface area contributed by atoms with E-state index in [1.807, 2.05) is 18.2 Å². The fraction of sp³-hybridized carbons (Fsp3) is 0.389. The molecule has 6 nitrogen and oxygen atoms in total. The quantitative estimate of drug-likeness (QED) is 0.940. The number of nitrogens with one attached hydrogen (secondary N) is 1. The van der Waals surface area contributed by atoms with E-state index < -0.39 is 0 Å². The number of pyridine rings is 1. The fourth-order valence-electron chi connectivity index (χ4n) is 3.07. The van der Waals surface area contributed by atoms with Gasteiger partial charge in [0.05, 0.1) is 18.3 Å². The molecule has 0 atom stereocenters. The summed E-state index contributed by atoms with van der Waals surface area (Å²) < 4.78 is 5.31. The van der Waals surface area contributed by atoms with E-state index in [9.17, 15) is 9.59 Å². The summed E-state index contributed by atoms with van der Waals surface area (Å²) in [7, 11) is 1.60. The maximum absolute atomic E-state index is 12.6. The van der Waals surface area contributed by atoms with Gasteiger partial charge in [0.2, 0.25) is 11.8 Å². The van der Waals surface area contributed by atoms with Crippen LogP contribution in [-0.4, -0.2) is 41.9 Å². The Morgan fingerprint density at radius 3 is 2.71 bits per heavy atom. The highest BCUT2D eigenvalue weighted by Crippen LogP contribution is 2.29. The van der Waals surface area contributed by atoms with Crippen LogP contribution in [0.5, 0.6) is 5.75 Å². The average Bonchev–Trinajstić information content (AvgIpc) is 2.61. The molecule has 3 rings (SSSR count). The molecule has 0 bridgehead atoms. The Bertz CT molecular complexity index is 767. The minimum Gasteiger partial charge on any atom is -0.497 e.